The Morgan fingerprint density at radius 1 is 1.46 bits per heavy atom. The Hall–Kier alpha value is -1.99. The molecule has 1 amide bonds. The maximum absolute atomic E-state index is 12.6. The molecule has 0 aliphatic carbocycles. The van der Waals surface area contributed by atoms with Crippen molar-refractivity contribution in [3.63, 3.8) is 0 Å². The van der Waals surface area contributed by atoms with Crippen molar-refractivity contribution in [1.82, 2.24) is 10.1 Å². The summed E-state index contributed by atoms with van der Waals surface area (Å²) < 4.78 is 11.0. The van der Waals surface area contributed by atoms with Crippen LogP contribution in [-0.2, 0) is 10.5 Å². The van der Waals surface area contributed by atoms with Gasteiger partial charge in [-0.25, -0.2) is 0 Å². The Bertz CT molecular complexity index is 703. The van der Waals surface area contributed by atoms with E-state index in [4.69, 9.17) is 9.26 Å². The number of ether oxygens (including phenoxy) is 1. The first-order valence-corrected chi connectivity index (χ1v) is 9.06. The molecule has 2 aromatic rings. The van der Waals surface area contributed by atoms with E-state index in [1.807, 2.05) is 6.07 Å². The van der Waals surface area contributed by atoms with Crippen LogP contribution in [0.3, 0.4) is 0 Å². The van der Waals surface area contributed by atoms with Gasteiger partial charge < -0.3 is 19.3 Å². The molecule has 1 fully saturated rings. The lowest BCUT2D eigenvalue weighted by Crippen LogP contribution is -2.42. The lowest BCUT2D eigenvalue weighted by atomic mass is 10.1. The van der Waals surface area contributed by atoms with Crippen molar-refractivity contribution >= 4 is 17.7 Å². The van der Waals surface area contributed by atoms with Gasteiger partial charge in [0.25, 0.3) is 5.91 Å². The minimum atomic E-state index is -0.253. The van der Waals surface area contributed by atoms with Gasteiger partial charge in [0.05, 0.1) is 18.9 Å². The summed E-state index contributed by atoms with van der Waals surface area (Å²) in [5.74, 6) is 2.45. The molecule has 1 aliphatic rings. The number of aromatic hydroxyl groups is 1. The average molecular weight is 348 g/mol. The van der Waals surface area contributed by atoms with Crippen LogP contribution in [0, 0.1) is 0 Å². The molecule has 24 heavy (non-hydrogen) atoms. The lowest BCUT2D eigenvalue weighted by molar-refractivity contribution is -0.0231. The van der Waals surface area contributed by atoms with Crippen LogP contribution in [0.5, 0.6) is 5.75 Å². The molecule has 0 bridgehead atoms. The molecule has 128 valence electrons. The van der Waals surface area contributed by atoms with Gasteiger partial charge in [0.2, 0.25) is 0 Å². The number of amides is 1. The summed E-state index contributed by atoms with van der Waals surface area (Å²) in [6.45, 7) is 3.46. The van der Waals surface area contributed by atoms with Crippen molar-refractivity contribution < 1.29 is 19.2 Å². The number of phenols is 1. The molecule has 1 aromatic carbocycles. The van der Waals surface area contributed by atoms with Crippen LogP contribution in [0.4, 0.5) is 0 Å². The van der Waals surface area contributed by atoms with Gasteiger partial charge in [-0.2, -0.15) is 11.8 Å². The molecule has 3 rings (SSSR count). The highest BCUT2D eigenvalue weighted by atomic mass is 32.2. The van der Waals surface area contributed by atoms with Crippen LogP contribution in [0.1, 0.15) is 34.8 Å². The van der Waals surface area contributed by atoms with E-state index < -0.39 is 0 Å². The molecule has 1 aromatic heterocycles. The van der Waals surface area contributed by atoms with E-state index in [1.54, 1.807) is 40.9 Å². The standard InChI is InChI=1S/C17H20N2O4S/c1-2-24-11-14-9-15(18-23-14)17(21)19-6-7-22-16(10-19)12-4-3-5-13(20)8-12/h3-5,8-9,16,20H,2,6-7,10-11H2,1H3. The van der Waals surface area contributed by atoms with E-state index in [9.17, 15) is 9.90 Å². The monoisotopic (exact) mass is 348 g/mol. The second-order valence-electron chi connectivity index (χ2n) is 5.52. The van der Waals surface area contributed by atoms with Gasteiger partial charge in [-0.15, -0.1) is 0 Å². The number of nitrogens with zero attached hydrogens (tertiary/aromatic N) is 2. The topological polar surface area (TPSA) is 75.8 Å². The quantitative estimate of drug-likeness (QED) is 0.895. The van der Waals surface area contributed by atoms with Gasteiger partial charge in [0, 0.05) is 12.6 Å². The zero-order valence-corrected chi connectivity index (χ0v) is 14.3. The van der Waals surface area contributed by atoms with Gasteiger partial charge in [-0.05, 0) is 23.4 Å². The summed E-state index contributed by atoms with van der Waals surface area (Å²) in [4.78, 5) is 14.3. The highest BCUT2D eigenvalue weighted by Crippen LogP contribution is 2.26. The van der Waals surface area contributed by atoms with E-state index >= 15 is 0 Å². The van der Waals surface area contributed by atoms with Crippen molar-refractivity contribution in [1.29, 1.82) is 0 Å². The van der Waals surface area contributed by atoms with Crippen LogP contribution in [0.25, 0.3) is 0 Å². The number of morpholine rings is 1. The molecule has 0 radical (unpaired) electrons. The molecule has 1 atom stereocenters. The molecule has 0 saturated carbocycles. The minimum Gasteiger partial charge on any atom is -0.508 e. The van der Waals surface area contributed by atoms with E-state index in [1.165, 1.54) is 0 Å². The zero-order chi connectivity index (χ0) is 16.9. The molecule has 7 heteroatoms. The Morgan fingerprint density at radius 3 is 3.12 bits per heavy atom. The Morgan fingerprint density at radius 2 is 2.33 bits per heavy atom. The minimum absolute atomic E-state index is 0.153. The number of carbonyl (C=O) groups is 1. The highest BCUT2D eigenvalue weighted by Gasteiger charge is 2.28. The summed E-state index contributed by atoms with van der Waals surface area (Å²) in [5.41, 5.74) is 1.19. The lowest BCUT2D eigenvalue weighted by Gasteiger charge is -2.32. The zero-order valence-electron chi connectivity index (χ0n) is 13.5. The van der Waals surface area contributed by atoms with Crippen molar-refractivity contribution in [3.8, 4) is 5.75 Å². The van der Waals surface area contributed by atoms with Gasteiger partial charge in [0.15, 0.2) is 5.69 Å². The molecule has 1 saturated heterocycles. The van der Waals surface area contributed by atoms with Crippen LogP contribution in [0.2, 0.25) is 0 Å². The summed E-state index contributed by atoms with van der Waals surface area (Å²) >= 11 is 1.72. The Kier molecular flexibility index (Phi) is 5.42. The normalized spacial score (nSPS) is 17.9. The number of hydrogen-bond acceptors (Lipinski definition) is 6. The summed E-state index contributed by atoms with van der Waals surface area (Å²) in [6.07, 6.45) is -0.253. The largest absolute Gasteiger partial charge is 0.508 e. The third-order valence-corrected chi connectivity index (χ3v) is 4.72. The molecule has 1 aliphatic heterocycles. The molecule has 1 unspecified atom stereocenters. The fourth-order valence-corrected chi connectivity index (χ4v) is 3.15. The third kappa shape index (κ3) is 3.91. The predicted octanol–water partition coefficient (Wildman–Crippen LogP) is 2.85. The first-order valence-electron chi connectivity index (χ1n) is 7.90. The fourth-order valence-electron chi connectivity index (χ4n) is 2.61. The van der Waals surface area contributed by atoms with Crippen LogP contribution in [0.15, 0.2) is 34.9 Å². The Balaban J connectivity index is 1.67. The van der Waals surface area contributed by atoms with Crippen molar-refractivity contribution in [2.24, 2.45) is 0 Å². The van der Waals surface area contributed by atoms with Crippen molar-refractivity contribution in [3.05, 3.63) is 47.3 Å². The summed E-state index contributed by atoms with van der Waals surface area (Å²) in [7, 11) is 0. The number of rotatable bonds is 5. The first-order chi connectivity index (χ1) is 11.7. The number of hydrogen-bond donors (Lipinski definition) is 1. The van der Waals surface area contributed by atoms with Crippen LogP contribution >= 0.6 is 11.8 Å². The first kappa shape index (κ1) is 16.9. The second-order valence-corrected chi connectivity index (χ2v) is 6.80. The Labute approximate surface area is 144 Å². The van der Waals surface area contributed by atoms with E-state index in [0.717, 1.165) is 11.3 Å². The van der Waals surface area contributed by atoms with Gasteiger partial charge in [-0.1, -0.05) is 24.2 Å². The number of phenolic OH excluding ortho intramolecular Hbond substituents is 1. The third-order valence-electron chi connectivity index (χ3n) is 3.82. The van der Waals surface area contributed by atoms with E-state index in [2.05, 4.69) is 12.1 Å². The number of aromatic nitrogens is 1. The molecular weight excluding hydrogens is 328 g/mol. The van der Waals surface area contributed by atoms with Gasteiger partial charge in [0.1, 0.15) is 17.6 Å². The number of thioether (sulfide) groups is 1. The molecule has 6 nitrogen and oxygen atoms in total. The molecular formula is C17H20N2O4S. The second kappa shape index (κ2) is 7.72. The van der Waals surface area contributed by atoms with Crippen molar-refractivity contribution in [2.45, 2.75) is 18.8 Å². The summed E-state index contributed by atoms with van der Waals surface area (Å²) in [6, 6.07) is 8.64. The predicted molar refractivity (Wildman–Crippen MR) is 91.0 cm³/mol. The fraction of sp³-hybridized carbons (Fsp3) is 0.412. The average Bonchev–Trinajstić information content (AvgIpc) is 3.08. The van der Waals surface area contributed by atoms with Gasteiger partial charge >= 0.3 is 0 Å². The van der Waals surface area contributed by atoms with Crippen LogP contribution in [-0.4, -0.2) is 46.5 Å². The highest BCUT2D eigenvalue weighted by molar-refractivity contribution is 7.98. The SMILES string of the molecule is CCSCc1cc(C(=O)N2CCOC(c3cccc(O)c3)C2)no1. The molecule has 2 heterocycles. The van der Waals surface area contributed by atoms with Crippen LogP contribution < -0.4 is 0 Å². The summed E-state index contributed by atoms with van der Waals surface area (Å²) in [5, 5.41) is 13.5. The van der Waals surface area contributed by atoms with E-state index in [0.29, 0.717) is 36.9 Å². The number of benzene rings is 1. The van der Waals surface area contributed by atoms with E-state index in [-0.39, 0.29) is 17.8 Å². The van der Waals surface area contributed by atoms with Gasteiger partial charge in [-0.3, -0.25) is 4.79 Å². The maximum Gasteiger partial charge on any atom is 0.276 e. The van der Waals surface area contributed by atoms with Crippen molar-refractivity contribution in [2.75, 3.05) is 25.4 Å². The smallest absolute Gasteiger partial charge is 0.276 e. The molecule has 1 N–H and O–H groups in total. The molecule has 0 spiro atoms. The maximum atomic E-state index is 12.6. The number of carbonyl (C=O) groups excluding carboxylic acids is 1.